The second kappa shape index (κ2) is 8.27. The second-order valence-corrected chi connectivity index (χ2v) is 10.7. The Labute approximate surface area is 186 Å². The van der Waals surface area contributed by atoms with E-state index in [0.29, 0.717) is 42.6 Å². The number of piperazine rings is 1. The maximum Gasteiger partial charge on any atom is 0.266 e. The molecule has 3 aromatic rings. The number of nitrogens with one attached hydrogen (secondary N) is 1. The molecule has 1 aromatic carbocycles. The summed E-state index contributed by atoms with van der Waals surface area (Å²) in [6.45, 7) is 8.02. The highest BCUT2D eigenvalue weighted by Crippen LogP contribution is 2.32. The van der Waals surface area contributed by atoms with Crippen molar-refractivity contribution >= 4 is 43.2 Å². The molecule has 1 fully saturated rings. The van der Waals surface area contributed by atoms with Crippen molar-refractivity contribution in [3.8, 4) is 0 Å². The fourth-order valence-corrected chi connectivity index (χ4v) is 6.36. The van der Waals surface area contributed by atoms with E-state index in [1.165, 1.54) is 15.6 Å². The van der Waals surface area contributed by atoms with Crippen molar-refractivity contribution in [2.75, 3.05) is 38.5 Å². The molecule has 2 aromatic heterocycles. The van der Waals surface area contributed by atoms with Gasteiger partial charge in [0, 0.05) is 42.9 Å². The third kappa shape index (κ3) is 4.20. The van der Waals surface area contributed by atoms with Crippen molar-refractivity contribution in [3.63, 3.8) is 0 Å². The fourth-order valence-electron chi connectivity index (χ4n) is 3.77. The minimum absolute atomic E-state index is 0.231. The van der Waals surface area contributed by atoms with Gasteiger partial charge < -0.3 is 10.2 Å². The van der Waals surface area contributed by atoms with Crippen LogP contribution in [0.5, 0.6) is 0 Å². The molecule has 0 unspecified atom stereocenters. The van der Waals surface area contributed by atoms with Gasteiger partial charge in [-0.25, -0.2) is 18.4 Å². The normalized spacial score (nSPS) is 16.0. The Hall–Kier alpha value is -2.40. The molecule has 1 aliphatic rings. The fraction of sp³-hybridized carbons (Fsp3) is 0.381. The van der Waals surface area contributed by atoms with Crippen LogP contribution >= 0.6 is 11.3 Å². The van der Waals surface area contributed by atoms with Crippen LogP contribution < -0.4 is 5.32 Å². The lowest BCUT2D eigenvalue weighted by Crippen LogP contribution is -2.46. The molecule has 1 saturated heterocycles. The molecule has 4 rings (SSSR count). The number of benzene rings is 1. The molecule has 31 heavy (non-hydrogen) atoms. The molecule has 1 N–H and O–H groups in total. The van der Waals surface area contributed by atoms with Gasteiger partial charge in [-0.3, -0.25) is 4.79 Å². The molecule has 0 aliphatic carbocycles. The smallest absolute Gasteiger partial charge is 0.266 e. The van der Waals surface area contributed by atoms with Gasteiger partial charge in [-0.1, -0.05) is 0 Å². The average Bonchev–Trinajstić information content (AvgIpc) is 3.05. The lowest BCUT2D eigenvalue weighted by atomic mass is 10.1. The van der Waals surface area contributed by atoms with E-state index in [4.69, 9.17) is 0 Å². The summed E-state index contributed by atoms with van der Waals surface area (Å²) in [6.07, 6.45) is 0. The number of aryl methyl sites for hydroxylation is 3. The molecule has 0 radical (unpaired) electrons. The number of anilines is 1. The third-order valence-electron chi connectivity index (χ3n) is 5.50. The van der Waals surface area contributed by atoms with Crippen LogP contribution in [-0.2, 0) is 10.0 Å². The van der Waals surface area contributed by atoms with Gasteiger partial charge in [0.15, 0.2) is 0 Å². The minimum atomic E-state index is -3.53. The molecule has 1 aliphatic heterocycles. The van der Waals surface area contributed by atoms with Crippen LogP contribution in [0.25, 0.3) is 10.2 Å². The second-order valence-electron chi connectivity index (χ2n) is 7.78. The number of carbonyl (C=O) groups is 1. The van der Waals surface area contributed by atoms with E-state index in [2.05, 4.69) is 20.2 Å². The van der Waals surface area contributed by atoms with E-state index in [0.717, 1.165) is 21.5 Å². The van der Waals surface area contributed by atoms with Gasteiger partial charge in [-0.05, 0) is 57.6 Å². The van der Waals surface area contributed by atoms with Crippen molar-refractivity contribution in [1.29, 1.82) is 0 Å². The van der Waals surface area contributed by atoms with Gasteiger partial charge in [0.1, 0.15) is 10.7 Å². The summed E-state index contributed by atoms with van der Waals surface area (Å²) in [5, 5.41) is 3.78. The average molecular weight is 460 g/mol. The van der Waals surface area contributed by atoms with E-state index >= 15 is 0 Å². The van der Waals surface area contributed by atoms with Crippen molar-refractivity contribution in [2.24, 2.45) is 0 Å². The van der Waals surface area contributed by atoms with E-state index in [1.54, 1.807) is 24.3 Å². The number of rotatable bonds is 4. The highest BCUT2D eigenvalue weighted by Gasteiger charge is 2.27. The van der Waals surface area contributed by atoms with Gasteiger partial charge in [0.05, 0.1) is 9.77 Å². The van der Waals surface area contributed by atoms with Crippen LogP contribution in [0.15, 0.2) is 29.2 Å². The molecule has 164 valence electrons. The summed E-state index contributed by atoms with van der Waals surface area (Å²) in [5.74, 6) is 0.433. The first-order valence-corrected chi connectivity index (χ1v) is 12.3. The number of carbonyl (C=O) groups excluding carboxylic acids is 1. The van der Waals surface area contributed by atoms with Crippen molar-refractivity contribution in [2.45, 2.75) is 25.7 Å². The van der Waals surface area contributed by atoms with Crippen LogP contribution in [0.2, 0.25) is 0 Å². The number of aromatic nitrogens is 2. The largest absolute Gasteiger partial charge is 0.321 e. The summed E-state index contributed by atoms with van der Waals surface area (Å²) >= 11 is 1.34. The van der Waals surface area contributed by atoms with Gasteiger partial charge in [-0.15, -0.1) is 11.3 Å². The van der Waals surface area contributed by atoms with E-state index in [9.17, 15) is 13.2 Å². The van der Waals surface area contributed by atoms with Crippen LogP contribution in [0.3, 0.4) is 0 Å². The first-order chi connectivity index (χ1) is 14.7. The zero-order valence-corrected chi connectivity index (χ0v) is 19.6. The maximum atomic E-state index is 12.9. The van der Waals surface area contributed by atoms with Crippen LogP contribution in [0.1, 0.15) is 26.8 Å². The Kier molecular flexibility index (Phi) is 5.82. The van der Waals surface area contributed by atoms with Crippen LogP contribution in [0, 0.1) is 20.8 Å². The Morgan fingerprint density at radius 2 is 1.68 bits per heavy atom. The third-order valence-corrected chi connectivity index (χ3v) is 8.60. The quantitative estimate of drug-likeness (QED) is 0.645. The van der Waals surface area contributed by atoms with Crippen molar-refractivity contribution in [1.82, 2.24) is 19.2 Å². The molecule has 1 amide bonds. The predicted octanol–water partition coefficient (Wildman–Crippen LogP) is 2.80. The SMILES string of the molecule is Cc1nc(C)c2c(C)c(C(=O)Nc3ccc(S(=O)(=O)N4CCN(C)CC4)cc3)sc2n1. The number of amides is 1. The first-order valence-electron chi connectivity index (χ1n) is 10.0. The number of fused-ring (bicyclic) bond motifs is 1. The van der Waals surface area contributed by atoms with Crippen molar-refractivity contribution < 1.29 is 13.2 Å². The van der Waals surface area contributed by atoms with E-state index < -0.39 is 10.0 Å². The highest BCUT2D eigenvalue weighted by atomic mass is 32.2. The summed E-state index contributed by atoms with van der Waals surface area (Å²) < 4.78 is 27.2. The number of hydrogen-bond donors (Lipinski definition) is 1. The molecule has 0 atom stereocenters. The molecule has 0 spiro atoms. The summed E-state index contributed by atoms with van der Waals surface area (Å²) in [7, 11) is -1.55. The Morgan fingerprint density at radius 3 is 2.32 bits per heavy atom. The number of likely N-dealkylation sites (N-methyl/N-ethyl adjacent to an activating group) is 1. The Bertz CT molecular complexity index is 1240. The predicted molar refractivity (Wildman–Crippen MR) is 122 cm³/mol. The van der Waals surface area contributed by atoms with Crippen LogP contribution in [-0.4, -0.2) is 66.7 Å². The maximum absolute atomic E-state index is 12.9. The van der Waals surface area contributed by atoms with E-state index in [-0.39, 0.29) is 10.8 Å². The highest BCUT2D eigenvalue weighted by molar-refractivity contribution is 7.89. The zero-order chi connectivity index (χ0) is 22.3. The lowest BCUT2D eigenvalue weighted by Gasteiger charge is -2.31. The molecule has 8 nitrogen and oxygen atoms in total. The topological polar surface area (TPSA) is 95.5 Å². The molecule has 10 heteroatoms. The lowest BCUT2D eigenvalue weighted by molar-refractivity contribution is 0.103. The van der Waals surface area contributed by atoms with Gasteiger partial charge in [-0.2, -0.15) is 4.31 Å². The minimum Gasteiger partial charge on any atom is -0.321 e. The molecular formula is C21H25N5O3S2. The molecule has 3 heterocycles. The summed E-state index contributed by atoms with van der Waals surface area (Å²) in [4.78, 5) is 25.4. The zero-order valence-electron chi connectivity index (χ0n) is 18.0. The Morgan fingerprint density at radius 1 is 1.03 bits per heavy atom. The van der Waals surface area contributed by atoms with Gasteiger partial charge in [0.25, 0.3) is 5.91 Å². The molecule has 0 bridgehead atoms. The Balaban J connectivity index is 1.53. The summed E-state index contributed by atoms with van der Waals surface area (Å²) in [5.41, 5.74) is 2.25. The monoisotopic (exact) mass is 459 g/mol. The molecular weight excluding hydrogens is 434 g/mol. The number of thiophene rings is 1. The van der Waals surface area contributed by atoms with E-state index in [1.807, 2.05) is 27.8 Å². The van der Waals surface area contributed by atoms with Crippen molar-refractivity contribution in [3.05, 3.63) is 46.2 Å². The number of nitrogens with zero attached hydrogens (tertiary/aromatic N) is 4. The first kappa shape index (κ1) is 21.8. The standard InChI is InChI=1S/C21H25N5O3S2/c1-13-18-14(2)22-15(3)23-21(18)30-19(13)20(27)24-16-5-7-17(8-6-16)31(28,29)26-11-9-25(4)10-12-26/h5-8H,9-12H2,1-4H3,(H,24,27). The molecule has 0 saturated carbocycles. The van der Waals surface area contributed by atoms with Crippen LogP contribution in [0.4, 0.5) is 5.69 Å². The van der Waals surface area contributed by atoms with Gasteiger partial charge >= 0.3 is 0 Å². The number of sulfonamides is 1. The number of hydrogen-bond acceptors (Lipinski definition) is 7. The van der Waals surface area contributed by atoms with Gasteiger partial charge in [0.2, 0.25) is 10.0 Å². The summed E-state index contributed by atoms with van der Waals surface area (Å²) in [6, 6.07) is 6.33.